The standard InChI is InChI=1S/C28H40N2O3/c1-22-15-16-25(33-22)20-29(18-17-23-11-7-5-8-12-23)27(32)21-30(24-13-9-6-10-14-24)26(31)19-28(2,3)4/h5,7-8,11-12,15-16,24H,6,9-10,13-14,17-21H2,1-4H3. The van der Waals surface area contributed by atoms with Crippen molar-refractivity contribution in [3.63, 3.8) is 0 Å². The molecule has 3 rings (SSSR count). The van der Waals surface area contributed by atoms with Gasteiger partial charge in [-0.05, 0) is 49.3 Å². The van der Waals surface area contributed by atoms with Crippen molar-refractivity contribution in [2.24, 2.45) is 5.41 Å². The number of hydrogen-bond acceptors (Lipinski definition) is 3. The molecule has 0 atom stereocenters. The molecule has 1 heterocycles. The molecule has 180 valence electrons. The molecule has 1 aromatic heterocycles. The van der Waals surface area contributed by atoms with Gasteiger partial charge in [0.15, 0.2) is 0 Å². The number of carbonyl (C=O) groups excluding carboxylic acids is 2. The molecule has 5 heteroatoms. The molecule has 2 amide bonds. The molecule has 2 aromatic rings. The van der Waals surface area contributed by atoms with Crippen LogP contribution in [0.15, 0.2) is 46.9 Å². The minimum atomic E-state index is -0.105. The number of amides is 2. The van der Waals surface area contributed by atoms with Gasteiger partial charge in [-0.3, -0.25) is 9.59 Å². The minimum Gasteiger partial charge on any atom is -0.464 e. The summed E-state index contributed by atoms with van der Waals surface area (Å²) in [6.07, 6.45) is 6.68. The molecule has 0 bridgehead atoms. The van der Waals surface area contributed by atoms with Crippen LogP contribution in [0.25, 0.3) is 0 Å². The Bertz CT molecular complexity index is 891. The quantitative estimate of drug-likeness (QED) is 0.486. The molecule has 1 saturated carbocycles. The SMILES string of the molecule is Cc1ccc(CN(CCc2ccccc2)C(=O)CN(C(=O)CC(C)(C)C)C2CCCCC2)o1. The normalized spacial score (nSPS) is 14.8. The fourth-order valence-corrected chi connectivity index (χ4v) is 4.57. The van der Waals surface area contributed by atoms with Crippen LogP contribution in [0.2, 0.25) is 0 Å². The number of rotatable bonds is 9. The second-order valence-electron chi connectivity index (χ2n) is 10.6. The molecule has 0 unspecified atom stereocenters. The van der Waals surface area contributed by atoms with Gasteiger partial charge in [-0.15, -0.1) is 0 Å². The van der Waals surface area contributed by atoms with Crippen molar-refractivity contribution < 1.29 is 14.0 Å². The molecular weight excluding hydrogens is 412 g/mol. The van der Waals surface area contributed by atoms with Crippen molar-refractivity contribution in [2.45, 2.75) is 85.2 Å². The summed E-state index contributed by atoms with van der Waals surface area (Å²) in [4.78, 5) is 30.6. The molecule has 33 heavy (non-hydrogen) atoms. The fraction of sp³-hybridized carbons (Fsp3) is 0.571. The highest BCUT2D eigenvalue weighted by atomic mass is 16.3. The summed E-state index contributed by atoms with van der Waals surface area (Å²) in [5.41, 5.74) is 1.09. The van der Waals surface area contributed by atoms with Crippen molar-refractivity contribution in [1.29, 1.82) is 0 Å². The summed E-state index contributed by atoms with van der Waals surface area (Å²) in [5, 5.41) is 0. The molecule has 5 nitrogen and oxygen atoms in total. The van der Waals surface area contributed by atoms with Gasteiger partial charge in [0.1, 0.15) is 18.1 Å². The second kappa shape index (κ2) is 11.5. The third-order valence-electron chi connectivity index (χ3n) is 6.33. The number of carbonyl (C=O) groups is 2. The lowest BCUT2D eigenvalue weighted by Crippen LogP contribution is -2.49. The minimum absolute atomic E-state index is 0.00665. The molecule has 0 spiro atoms. The van der Waals surface area contributed by atoms with E-state index in [0.29, 0.717) is 19.5 Å². The Morgan fingerprint density at radius 3 is 2.27 bits per heavy atom. The van der Waals surface area contributed by atoms with Gasteiger partial charge in [0, 0.05) is 19.0 Å². The summed E-state index contributed by atoms with van der Waals surface area (Å²) < 4.78 is 5.78. The zero-order chi connectivity index (χ0) is 23.8. The van der Waals surface area contributed by atoms with Crippen molar-refractivity contribution in [1.82, 2.24) is 9.80 Å². The van der Waals surface area contributed by atoms with Crippen LogP contribution in [0, 0.1) is 12.3 Å². The van der Waals surface area contributed by atoms with Crippen molar-refractivity contribution >= 4 is 11.8 Å². The molecule has 0 radical (unpaired) electrons. The van der Waals surface area contributed by atoms with Crippen LogP contribution < -0.4 is 0 Å². The van der Waals surface area contributed by atoms with E-state index in [1.165, 1.54) is 12.0 Å². The van der Waals surface area contributed by atoms with Gasteiger partial charge >= 0.3 is 0 Å². The van der Waals surface area contributed by atoms with Crippen LogP contribution in [-0.4, -0.2) is 40.7 Å². The Kier molecular flexibility index (Phi) is 8.76. The maximum absolute atomic E-state index is 13.6. The number of hydrogen-bond donors (Lipinski definition) is 0. The highest BCUT2D eigenvalue weighted by Crippen LogP contribution is 2.27. The Hall–Kier alpha value is -2.56. The summed E-state index contributed by atoms with van der Waals surface area (Å²) >= 11 is 0. The Morgan fingerprint density at radius 1 is 0.970 bits per heavy atom. The predicted molar refractivity (Wildman–Crippen MR) is 132 cm³/mol. The van der Waals surface area contributed by atoms with Crippen LogP contribution in [0.4, 0.5) is 0 Å². The van der Waals surface area contributed by atoms with Gasteiger partial charge in [-0.1, -0.05) is 70.4 Å². The maximum atomic E-state index is 13.6. The molecule has 1 aliphatic carbocycles. The van der Waals surface area contributed by atoms with E-state index in [-0.39, 0.29) is 29.8 Å². The third-order valence-corrected chi connectivity index (χ3v) is 6.33. The van der Waals surface area contributed by atoms with Crippen LogP contribution in [0.5, 0.6) is 0 Å². The average molecular weight is 453 g/mol. The summed E-state index contributed by atoms with van der Waals surface area (Å²) in [6.45, 7) is 9.31. The average Bonchev–Trinajstić information content (AvgIpc) is 3.19. The van der Waals surface area contributed by atoms with E-state index in [9.17, 15) is 9.59 Å². The Morgan fingerprint density at radius 2 is 1.67 bits per heavy atom. The van der Waals surface area contributed by atoms with Gasteiger partial charge in [-0.25, -0.2) is 0 Å². The zero-order valence-corrected chi connectivity index (χ0v) is 20.8. The lowest BCUT2D eigenvalue weighted by Gasteiger charge is -2.37. The highest BCUT2D eigenvalue weighted by Gasteiger charge is 2.31. The van der Waals surface area contributed by atoms with E-state index in [4.69, 9.17) is 4.42 Å². The smallest absolute Gasteiger partial charge is 0.242 e. The highest BCUT2D eigenvalue weighted by molar-refractivity contribution is 5.85. The molecular formula is C28H40N2O3. The van der Waals surface area contributed by atoms with E-state index in [1.54, 1.807) is 0 Å². The van der Waals surface area contributed by atoms with E-state index in [2.05, 4.69) is 32.9 Å². The Labute approximate surface area is 199 Å². The van der Waals surface area contributed by atoms with Crippen LogP contribution in [0.3, 0.4) is 0 Å². The van der Waals surface area contributed by atoms with E-state index in [1.807, 2.05) is 47.1 Å². The molecule has 1 fully saturated rings. The van der Waals surface area contributed by atoms with E-state index >= 15 is 0 Å². The number of nitrogens with zero attached hydrogens (tertiary/aromatic N) is 2. The van der Waals surface area contributed by atoms with Crippen LogP contribution in [-0.2, 0) is 22.6 Å². The molecule has 0 aliphatic heterocycles. The van der Waals surface area contributed by atoms with Crippen molar-refractivity contribution in [3.8, 4) is 0 Å². The van der Waals surface area contributed by atoms with E-state index < -0.39 is 0 Å². The first kappa shape index (κ1) is 25.1. The number of benzene rings is 1. The molecule has 0 saturated heterocycles. The lowest BCUT2D eigenvalue weighted by atomic mass is 9.89. The molecule has 0 N–H and O–H groups in total. The van der Waals surface area contributed by atoms with Crippen LogP contribution >= 0.6 is 0 Å². The van der Waals surface area contributed by atoms with Crippen molar-refractivity contribution in [2.75, 3.05) is 13.1 Å². The molecule has 1 aliphatic rings. The van der Waals surface area contributed by atoms with Crippen LogP contribution in [0.1, 0.15) is 76.4 Å². The van der Waals surface area contributed by atoms with Gasteiger partial charge in [-0.2, -0.15) is 0 Å². The zero-order valence-electron chi connectivity index (χ0n) is 20.8. The Balaban J connectivity index is 1.75. The second-order valence-corrected chi connectivity index (χ2v) is 10.6. The molecule has 1 aromatic carbocycles. The lowest BCUT2D eigenvalue weighted by molar-refractivity contribution is -0.144. The van der Waals surface area contributed by atoms with E-state index in [0.717, 1.165) is 43.6 Å². The summed E-state index contributed by atoms with van der Waals surface area (Å²) in [5.74, 6) is 1.70. The van der Waals surface area contributed by atoms with Gasteiger partial charge in [0.2, 0.25) is 11.8 Å². The fourth-order valence-electron chi connectivity index (χ4n) is 4.57. The number of aryl methyl sites for hydroxylation is 1. The predicted octanol–water partition coefficient (Wildman–Crippen LogP) is 5.76. The first-order chi connectivity index (χ1) is 15.7. The largest absolute Gasteiger partial charge is 0.464 e. The first-order valence-corrected chi connectivity index (χ1v) is 12.4. The summed E-state index contributed by atoms with van der Waals surface area (Å²) in [6, 6.07) is 14.2. The van der Waals surface area contributed by atoms with Crippen molar-refractivity contribution in [3.05, 3.63) is 59.5 Å². The topological polar surface area (TPSA) is 53.8 Å². The maximum Gasteiger partial charge on any atom is 0.242 e. The summed E-state index contributed by atoms with van der Waals surface area (Å²) in [7, 11) is 0. The van der Waals surface area contributed by atoms with Gasteiger partial charge < -0.3 is 14.2 Å². The van der Waals surface area contributed by atoms with Gasteiger partial charge in [0.05, 0.1) is 6.54 Å². The third kappa shape index (κ3) is 8.06. The number of furan rings is 1. The monoisotopic (exact) mass is 452 g/mol. The van der Waals surface area contributed by atoms with Gasteiger partial charge in [0.25, 0.3) is 0 Å². The first-order valence-electron chi connectivity index (χ1n) is 12.4.